The topological polar surface area (TPSA) is 33.1 Å². The molecule has 4 nitrogen and oxygen atoms in total. The van der Waals surface area contributed by atoms with Gasteiger partial charge in [-0.05, 0) is 62.0 Å². The maximum Gasteiger partial charge on any atom is 0.170 e. The van der Waals surface area contributed by atoms with Crippen LogP contribution in [0.15, 0.2) is 67.0 Å². The lowest BCUT2D eigenvalue weighted by atomic mass is 10.0. The van der Waals surface area contributed by atoms with Crippen LogP contribution >= 0.6 is 12.2 Å². The molecule has 1 fully saturated rings. The van der Waals surface area contributed by atoms with E-state index < -0.39 is 0 Å². The fourth-order valence-corrected chi connectivity index (χ4v) is 4.12. The summed E-state index contributed by atoms with van der Waals surface area (Å²) < 4.78 is 2.26. The van der Waals surface area contributed by atoms with Crippen molar-refractivity contribution in [2.24, 2.45) is 0 Å². The van der Waals surface area contributed by atoms with Crippen molar-refractivity contribution in [2.45, 2.75) is 32.4 Å². The molecule has 1 aliphatic heterocycles. The van der Waals surface area contributed by atoms with Crippen molar-refractivity contribution in [3.63, 3.8) is 0 Å². The Morgan fingerprint density at radius 2 is 1.89 bits per heavy atom. The van der Waals surface area contributed by atoms with E-state index in [1.54, 1.807) is 0 Å². The number of pyridine rings is 1. The van der Waals surface area contributed by atoms with E-state index in [0.29, 0.717) is 0 Å². The first-order valence-electron chi connectivity index (χ1n) is 9.41. The van der Waals surface area contributed by atoms with Gasteiger partial charge in [0.05, 0.1) is 17.8 Å². The van der Waals surface area contributed by atoms with E-state index in [9.17, 15) is 0 Å². The van der Waals surface area contributed by atoms with Gasteiger partial charge in [0.15, 0.2) is 5.11 Å². The molecular formula is C22H24N4S. The largest absolute Gasteiger partial charge is 0.352 e. The number of thiocarbonyl (C=S) groups is 1. The molecule has 2 atom stereocenters. The Bertz CT molecular complexity index is 917. The van der Waals surface area contributed by atoms with Crippen molar-refractivity contribution in [3.05, 3.63) is 83.9 Å². The second-order valence-corrected chi connectivity index (χ2v) is 7.35. The summed E-state index contributed by atoms with van der Waals surface area (Å²) in [5, 5.41) is 4.31. The van der Waals surface area contributed by atoms with Crippen LogP contribution in [0.1, 0.15) is 42.4 Å². The van der Waals surface area contributed by atoms with Crippen molar-refractivity contribution in [1.29, 1.82) is 0 Å². The highest BCUT2D eigenvalue weighted by atomic mass is 32.1. The van der Waals surface area contributed by atoms with Gasteiger partial charge in [0.25, 0.3) is 0 Å². The second-order valence-electron chi connectivity index (χ2n) is 6.96. The SMILES string of the molecule is CCCN1C(=S)N[C@@H](c2ccccn2)[C@@H]1c1cccn1-c1ccc(C)cc1. The van der Waals surface area contributed by atoms with Crippen LogP contribution in [-0.4, -0.2) is 26.1 Å². The number of benzene rings is 1. The zero-order valence-corrected chi connectivity index (χ0v) is 16.5. The Hall–Kier alpha value is -2.66. The van der Waals surface area contributed by atoms with Gasteiger partial charge in [0.2, 0.25) is 0 Å². The van der Waals surface area contributed by atoms with E-state index in [4.69, 9.17) is 12.2 Å². The lowest BCUT2D eigenvalue weighted by molar-refractivity contribution is 0.309. The van der Waals surface area contributed by atoms with Gasteiger partial charge in [-0.1, -0.05) is 30.7 Å². The standard InChI is InChI=1S/C22H24N4S/c1-3-14-26-21(20(24-22(26)27)18-7-4-5-13-23-18)19-8-6-15-25(19)17-11-9-16(2)10-12-17/h4-13,15,20-21H,3,14H2,1-2H3,(H,24,27)/t20-,21-/m0/s1. The summed E-state index contributed by atoms with van der Waals surface area (Å²) in [7, 11) is 0. The van der Waals surface area contributed by atoms with Crippen LogP contribution in [-0.2, 0) is 0 Å². The molecule has 4 rings (SSSR count). The zero-order chi connectivity index (χ0) is 18.8. The summed E-state index contributed by atoms with van der Waals surface area (Å²) in [6.07, 6.45) is 5.01. The molecule has 3 heterocycles. The molecule has 5 heteroatoms. The summed E-state index contributed by atoms with van der Waals surface area (Å²) >= 11 is 5.69. The molecule has 1 aromatic carbocycles. The molecule has 0 unspecified atom stereocenters. The van der Waals surface area contributed by atoms with Crippen molar-refractivity contribution in [1.82, 2.24) is 19.8 Å². The van der Waals surface area contributed by atoms with Gasteiger partial charge in [-0.25, -0.2) is 0 Å². The minimum atomic E-state index is 0.0318. The van der Waals surface area contributed by atoms with Crippen molar-refractivity contribution >= 4 is 17.3 Å². The summed E-state index contributed by atoms with van der Waals surface area (Å²) in [6, 6.07) is 19.1. The first-order valence-corrected chi connectivity index (χ1v) is 9.82. The molecular weight excluding hydrogens is 352 g/mol. The maximum atomic E-state index is 5.69. The van der Waals surface area contributed by atoms with Gasteiger partial charge in [-0.3, -0.25) is 4.98 Å². The highest BCUT2D eigenvalue weighted by Gasteiger charge is 2.40. The Balaban J connectivity index is 1.80. The van der Waals surface area contributed by atoms with Gasteiger partial charge in [-0.2, -0.15) is 0 Å². The second kappa shape index (κ2) is 7.53. The van der Waals surface area contributed by atoms with Crippen LogP contribution in [0, 0.1) is 6.92 Å². The molecule has 0 spiro atoms. The molecule has 1 aliphatic rings. The molecule has 0 radical (unpaired) electrons. The van der Waals surface area contributed by atoms with Crippen molar-refractivity contribution in [2.75, 3.05) is 6.54 Å². The van der Waals surface area contributed by atoms with E-state index in [-0.39, 0.29) is 12.1 Å². The van der Waals surface area contributed by atoms with E-state index >= 15 is 0 Å². The Kier molecular flexibility index (Phi) is 4.94. The molecule has 1 N–H and O–H groups in total. The molecule has 27 heavy (non-hydrogen) atoms. The summed E-state index contributed by atoms with van der Waals surface area (Å²) in [6.45, 7) is 5.21. The number of hydrogen-bond acceptors (Lipinski definition) is 2. The van der Waals surface area contributed by atoms with E-state index in [0.717, 1.165) is 29.5 Å². The zero-order valence-electron chi connectivity index (χ0n) is 15.7. The number of rotatable bonds is 5. The summed E-state index contributed by atoms with van der Waals surface area (Å²) in [5.41, 5.74) is 4.65. The minimum Gasteiger partial charge on any atom is -0.352 e. The normalized spacial score (nSPS) is 19.3. The Morgan fingerprint density at radius 3 is 2.59 bits per heavy atom. The van der Waals surface area contributed by atoms with E-state index in [2.05, 4.69) is 82.3 Å². The van der Waals surface area contributed by atoms with Gasteiger partial charge < -0.3 is 14.8 Å². The molecule has 3 aromatic rings. The molecule has 0 saturated carbocycles. The fraction of sp³-hybridized carbons (Fsp3) is 0.273. The number of nitrogens with one attached hydrogen (secondary N) is 1. The third-order valence-corrected chi connectivity index (χ3v) is 5.41. The third kappa shape index (κ3) is 3.35. The Morgan fingerprint density at radius 1 is 1.07 bits per heavy atom. The summed E-state index contributed by atoms with van der Waals surface area (Å²) in [4.78, 5) is 6.91. The molecule has 1 saturated heterocycles. The average Bonchev–Trinajstić information content (AvgIpc) is 3.28. The van der Waals surface area contributed by atoms with Gasteiger partial charge in [0, 0.05) is 30.3 Å². The van der Waals surface area contributed by atoms with Gasteiger partial charge in [-0.15, -0.1) is 0 Å². The monoisotopic (exact) mass is 376 g/mol. The average molecular weight is 377 g/mol. The lowest BCUT2D eigenvalue weighted by Gasteiger charge is -2.28. The van der Waals surface area contributed by atoms with E-state index in [1.165, 1.54) is 11.3 Å². The molecule has 0 amide bonds. The van der Waals surface area contributed by atoms with Crippen LogP contribution < -0.4 is 5.32 Å². The molecule has 0 aliphatic carbocycles. The minimum absolute atomic E-state index is 0.0318. The van der Waals surface area contributed by atoms with E-state index in [1.807, 2.05) is 18.3 Å². The van der Waals surface area contributed by atoms with Crippen LogP contribution in [0.5, 0.6) is 0 Å². The molecule has 2 aromatic heterocycles. The van der Waals surface area contributed by atoms with Crippen molar-refractivity contribution < 1.29 is 0 Å². The number of nitrogens with zero attached hydrogens (tertiary/aromatic N) is 3. The molecule has 0 bridgehead atoms. The number of aromatic nitrogens is 2. The number of hydrogen-bond donors (Lipinski definition) is 1. The maximum absolute atomic E-state index is 5.69. The van der Waals surface area contributed by atoms with Crippen molar-refractivity contribution in [3.8, 4) is 5.69 Å². The summed E-state index contributed by atoms with van der Waals surface area (Å²) in [5.74, 6) is 0. The first kappa shape index (κ1) is 17.7. The predicted molar refractivity (Wildman–Crippen MR) is 113 cm³/mol. The smallest absolute Gasteiger partial charge is 0.170 e. The van der Waals surface area contributed by atoms with Gasteiger partial charge in [0.1, 0.15) is 0 Å². The third-order valence-electron chi connectivity index (χ3n) is 5.06. The predicted octanol–water partition coefficient (Wildman–Crippen LogP) is 4.56. The Labute approximate surface area is 165 Å². The van der Waals surface area contributed by atoms with Crippen LogP contribution in [0.2, 0.25) is 0 Å². The van der Waals surface area contributed by atoms with Crippen LogP contribution in [0.3, 0.4) is 0 Å². The first-order chi connectivity index (χ1) is 13.2. The van der Waals surface area contributed by atoms with Crippen LogP contribution in [0.25, 0.3) is 5.69 Å². The van der Waals surface area contributed by atoms with Gasteiger partial charge >= 0.3 is 0 Å². The fourth-order valence-electron chi connectivity index (χ4n) is 3.78. The molecule has 138 valence electrons. The quantitative estimate of drug-likeness (QED) is 0.662. The van der Waals surface area contributed by atoms with Crippen LogP contribution in [0.4, 0.5) is 0 Å². The highest BCUT2D eigenvalue weighted by Crippen LogP contribution is 2.39. The highest BCUT2D eigenvalue weighted by molar-refractivity contribution is 7.80. The lowest BCUT2D eigenvalue weighted by Crippen LogP contribution is -2.31. The number of aryl methyl sites for hydroxylation is 1.